The molecule has 0 heterocycles. The lowest BCUT2D eigenvalue weighted by Gasteiger charge is -2.10. The van der Waals surface area contributed by atoms with Crippen LogP contribution in [0.3, 0.4) is 0 Å². The van der Waals surface area contributed by atoms with Crippen molar-refractivity contribution < 1.29 is 9.90 Å². The van der Waals surface area contributed by atoms with Crippen LogP contribution in [0, 0.1) is 0 Å². The largest absolute Gasteiger partial charge is 0.508 e. The molecule has 0 unspecified atom stereocenters. The molecule has 2 aromatic rings. The predicted molar refractivity (Wildman–Crippen MR) is 80.7 cm³/mol. The van der Waals surface area contributed by atoms with Crippen LogP contribution in [0.1, 0.15) is 15.9 Å². The van der Waals surface area contributed by atoms with E-state index in [1.165, 1.54) is 6.07 Å². The fourth-order valence-corrected chi connectivity index (χ4v) is 2.29. The molecule has 2 N–H and O–H groups in total. The van der Waals surface area contributed by atoms with Gasteiger partial charge in [-0.05, 0) is 24.3 Å². The van der Waals surface area contributed by atoms with Gasteiger partial charge in [0.05, 0.1) is 15.6 Å². The zero-order chi connectivity index (χ0) is 14.7. The summed E-state index contributed by atoms with van der Waals surface area (Å²) in [6.45, 7) is 0.0905. The molecule has 0 aliphatic rings. The van der Waals surface area contributed by atoms with Gasteiger partial charge in [-0.25, -0.2) is 0 Å². The molecule has 104 valence electrons. The van der Waals surface area contributed by atoms with Gasteiger partial charge in [0.1, 0.15) is 5.75 Å². The van der Waals surface area contributed by atoms with Gasteiger partial charge in [-0.2, -0.15) is 0 Å². The van der Waals surface area contributed by atoms with Crippen molar-refractivity contribution in [1.29, 1.82) is 0 Å². The minimum Gasteiger partial charge on any atom is -0.508 e. The van der Waals surface area contributed by atoms with E-state index >= 15 is 0 Å². The van der Waals surface area contributed by atoms with Crippen LogP contribution in [0.2, 0.25) is 15.1 Å². The van der Waals surface area contributed by atoms with E-state index in [4.69, 9.17) is 34.8 Å². The first-order valence-corrected chi connectivity index (χ1v) is 6.82. The number of phenols is 1. The van der Waals surface area contributed by atoms with Crippen LogP contribution in [0.4, 0.5) is 0 Å². The van der Waals surface area contributed by atoms with Crippen molar-refractivity contribution in [3.05, 3.63) is 62.6 Å². The summed E-state index contributed by atoms with van der Waals surface area (Å²) in [5.41, 5.74) is 0.714. The topological polar surface area (TPSA) is 49.3 Å². The Bertz CT molecular complexity index is 639. The monoisotopic (exact) mass is 329 g/mol. The number of rotatable bonds is 3. The van der Waals surface area contributed by atoms with E-state index in [-0.39, 0.29) is 22.9 Å². The zero-order valence-corrected chi connectivity index (χ0v) is 12.4. The van der Waals surface area contributed by atoms with Gasteiger partial charge in [0.25, 0.3) is 5.91 Å². The lowest BCUT2D eigenvalue weighted by atomic mass is 10.1. The van der Waals surface area contributed by atoms with E-state index in [9.17, 15) is 9.90 Å². The summed E-state index contributed by atoms with van der Waals surface area (Å²) >= 11 is 17.8. The highest BCUT2D eigenvalue weighted by Gasteiger charge is 2.13. The van der Waals surface area contributed by atoms with Crippen molar-refractivity contribution in [2.45, 2.75) is 6.54 Å². The van der Waals surface area contributed by atoms with Crippen molar-refractivity contribution in [1.82, 2.24) is 5.32 Å². The predicted octanol–water partition coefficient (Wildman–Crippen LogP) is 4.28. The third-order valence-electron chi connectivity index (χ3n) is 2.72. The van der Waals surface area contributed by atoms with Gasteiger partial charge >= 0.3 is 0 Å². The van der Waals surface area contributed by atoms with Crippen molar-refractivity contribution in [3.8, 4) is 5.75 Å². The smallest absolute Gasteiger partial charge is 0.253 e. The third-order valence-corrected chi connectivity index (χ3v) is 3.89. The van der Waals surface area contributed by atoms with Crippen molar-refractivity contribution in [2.75, 3.05) is 0 Å². The number of amides is 1. The molecule has 0 atom stereocenters. The van der Waals surface area contributed by atoms with Crippen LogP contribution in [0.15, 0.2) is 36.4 Å². The Kier molecular flexibility index (Phi) is 4.76. The Labute approximate surface area is 131 Å². The minimum absolute atomic E-state index is 0.0231. The summed E-state index contributed by atoms with van der Waals surface area (Å²) in [5, 5.41) is 13.2. The van der Waals surface area contributed by atoms with E-state index in [0.717, 1.165) is 0 Å². The number of nitrogens with one attached hydrogen (secondary N) is 1. The Balaban J connectivity index is 2.15. The summed E-state index contributed by atoms with van der Waals surface area (Å²) in [6.07, 6.45) is 0. The van der Waals surface area contributed by atoms with E-state index in [2.05, 4.69) is 5.32 Å². The molecule has 20 heavy (non-hydrogen) atoms. The Morgan fingerprint density at radius 3 is 2.40 bits per heavy atom. The van der Waals surface area contributed by atoms with Gasteiger partial charge in [0, 0.05) is 17.1 Å². The average Bonchev–Trinajstić information content (AvgIpc) is 2.41. The molecule has 3 nitrogen and oxygen atoms in total. The molecule has 0 saturated carbocycles. The fourth-order valence-electron chi connectivity index (χ4n) is 1.67. The van der Waals surface area contributed by atoms with E-state index in [1.54, 1.807) is 30.3 Å². The Morgan fingerprint density at radius 1 is 1.05 bits per heavy atom. The highest BCUT2D eigenvalue weighted by Crippen LogP contribution is 2.27. The number of hydrogen-bond donors (Lipinski definition) is 2. The number of carbonyl (C=O) groups excluding carboxylic acids is 1. The molecule has 0 spiro atoms. The molecular formula is C14H10Cl3NO2. The maximum absolute atomic E-state index is 12.0. The molecule has 1 amide bonds. The van der Waals surface area contributed by atoms with E-state index in [0.29, 0.717) is 15.6 Å². The Hall–Kier alpha value is -1.42. The van der Waals surface area contributed by atoms with Crippen LogP contribution in [-0.4, -0.2) is 11.0 Å². The van der Waals surface area contributed by atoms with Crippen molar-refractivity contribution in [3.63, 3.8) is 0 Å². The fraction of sp³-hybridized carbons (Fsp3) is 0.0714. The lowest BCUT2D eigenvalue weighted by Crippen LogP contribution is -2.23. The molecule has 0 fully saturated rings. The van der Waals surface area contributed by atoms with Crippen LogP contribution in [0.5, 0.6) is 5.75 Å². The second-order valence-electron chi connectivity index (χ2n) is 4.02. The summed E-state index contributed by atoms with van der Waals surface area (Å²) in [5.74, 6) is -0.369. The van der Waals surface area contributed by atoms with Gasteiger partial charge in [0.15, 0.2) is 0 Å². The first-order valence-electron chi connectivity index (χ1n) is 5.69. The van der Waals surface area contributed by atoms with Gasteiger partial charge in [-0.15, -0.1) is 0 Å². The highest BCUT2D eigenvalue weighted by molar-refractivity contribution is 6.43. The van der Waals surface area contributed by atoms with Gasteiger partial charge < -0.3 is 10.4 Å². The average molecular weight is 331 g/mol. The SMILES string of the molecule is O=C(NCc1c(O)cccc1Cl)c1cccc(Cl)c1Cl. The summed E-state index contributed by atoms with van der Waals surface area (Å²) in [7, 11) is 0. The zero-order valence-electron chi connectivity index (χ0n) is 10.2. The molecule has 2 rings (SSSR count). The molecular weight excluding hydrogens is 321 g/mol. The number of carbonyl (C=O) groups is 1. The quantitative estimate of drug-likeness (QED) is 0.882. The summed E-state index contributed by atoms with van der Waals surface area (Å²) in [4.78, 5) is 12.0. The number of aromatic hydroxyl groups is 1. The molecule has 6 heteroatoms. The van der Waals surface area contributed by atoms with Crippen molar-refractivity contribution >= 4 is 40.7 Å². The molecule has 0 saturated heterocycles. The normalized spacial score (nSPS) is 10.3. The summed E-state index contributed by atoms with van der Waals surface area (Å²) in [6, 6.07) is 9.55. The molecule has 2 aromatic carbocycles. The van der Waals surface area contributed by atoms with E-state index in [1.807, 2.05) is 0 Å². The number of phenolic OH excluding ortho intramolecular Hbond substituents is 1. The standard InChI is InChI=1S/C14H10Cl3NO2/c15-10-4-2-6-12(19)9(10)7-18-14(20)8-3-1-5-11(16)13(8)17/h1-6,19H,7H2,(H,18,20). The molecule has 0 aliphatic carbocycles. The Morgan fingerprint density at radius 2 is 1.70 bits per heavy atom. The first kappa shape index (κ1) is 15.0. The van der Waals surface area contributed by atoms with Crippen LogP contribution in [-0.2, 0) is 6.54 Å². The molecule has 0 radical (unpaired) electrons. The van der Waals surface area contributed by atoms with Crippen LogP contribution in [0.25, 0.3) is 0 Å². The van der Waals surface area contributed by atoms with E-state index < -0.39 is 5.91 Å². The summed E-state index contributed by atoms with van der Waals surface area (Å²) < 4.78 is 0. The molecule has 0 bridgehead atoms. The molecule has 0 aliphatic heterocycles. The second-order valence-corrected chi connectivity index (χ2v) is 5.21. The van der Waals surface area contributed by atoms with Crippen LogP contribution >= 0.6 is 34.8 Å². The lowest BCUT2D eigenvalue weighted by molar-refractivity contribution is 0.0951. The maximum Gasteiger partial charge on any atom is 0.253 e. The van der Waals surface area contributed by atoms with Crippen LogP contribution < -0.4 is 5.32 Å². The molecule has 0 aromatic heterocycles. The van der Waals surface area contributed by atoms with Crippen molar-refractivity contribution in [2.24, 2.45) is 0 Å². The van der Waals surface area contributed by atoms with Gasteiger partial charge in [0.2, 0.25) is 0 Å². The number of benzene rings is 2. The highest BCUT2D eigenvalue weighted by atomic mass is 35.5. The maximum atomic E-state index is 12.0. The van der Waals surface area contributed by atoms with Gasteiger partial charge in [-0.1, -0.05) is 46.9 Å². The van der Waals surface area contributed by atoms with Gasteiger partial charge in [-0.3, -0.25) is 4.79 Å². The minimum atomic E-state index is -0.392. The number of halogens is 3. The number of hydrogen-bond acceptors (Lipinski definition) is 2. The third kappa shape index (κ3) is 3.18. The second kappa shape index (κ2) is 6.35. The first-order chi connectivity index (χ1) is 9.50.